The van der Waals surface area contributed by atoms with Crippen molar-refractivity contribution >= 4 is 11.5 Å². The van der Waals surface area contributed by atoms with Crippen LogP contribution in [0.2, 0.25) is 0 Å². The fourth-order valence-electron chi connectivity index (χ4n) is 3.14. The molecule has 2 nitrogen and oxygen atoms in total. The molecule has 2 heterocycles. The second-order valence-electron chi connectivity index (χ2n) is 4.97. The highest BCUT2D eigenvalue weighted by Gasteiger charge is 2.40. The van der Waals surface area contributed by atoms with Gasteiger partial charge < -0.3 is 4.90 Å². The van der Waals surface area contributed by atoms with Gasteiger partial charge in [0.1, 0.15) is 5.84 Å². The van der Waals surface area contributed by atoms with Gasteiger partial charge in [-0.25, -0.2) is 4.99 Å². The molecule has 0 aromatic heterocycles. The highest BCUT2D eigenvalue weighted by Crippen LogP contribution is 2.41. The number of aryl methyl sites for hydroxylation is 1. The average Bonchev–Trinajstić information content (AvgIpc) is 2.88. The molecule has 0 saturated carbocycles. The second-order valence-corrected chi connectivity index (χ2v) is 4.97. The molecular weight excluding hydrogens is 196 g/mol. The molecule has 1 saturated heterocycles. The van der Waals surface area contributed by atoms with Gasteiger partial charge in [-0.1, -0.05) is 30.4 Å². The minimum absolute atomic E-state index is 0.581. The summed E-state index contributed by atoms with van der Waals surface area (Å²) in [5, 5.41) is 0. The number of fused-ring (bicyclic) bond motifs is 6. The van der Waals surface area contributed by atoms with E-state index in [-0.39, 0.29) is 0 Å². The van der Waals surface area contributed by atoms with E-state index in [9.17, 15) is 0 Å². The summed E-state index contributed by atoms with van der Waals surface area (Å²) in [5.41, 5.74) is 3.90. The van der Waals surface area contributed by atoms with Crippen LogP contribution < -0.4 is 0 Å². The third-order valence-electron chi connectivity index (χ3n) is 3.98. The fourth-order valence-corrected chi connectivity index (χ4v) is 3.14. The number of benzene rings is 1. The van der Waals surface area contributed by atoms with Gasteiger partial charge in [0.2, 0.25) is 0 Å². The van der Waals surface area contributed by atoms with Crippen LogP contribution in [0.3, 0.4) is 0 Å². The molecule has 80 valence electrons. The van der Waals surface area contributed by atoms with Crippen molar-refractivity contribution in [2.75, 3.05) is 0 Å². The van der Waals surface area contributed by atoms with Gasteiger partial charge in [0.15, 0.2) is 0 Å². The molecule has 0 spiro atoms. The summed E-state index contributed by atoms with van der Waals surface area (Å²) in [7, 11) is 0. The van der Waals surface area contributed by atoms with Crippen molar-refractivity contribution in [3.63, 3.8) is 0 Å². The van der Waals surface area contributed by atoms with E-state index in [1.165, 1.54) is 29.1 Å². The van der Waals surface area contributed by atoms with E-state index < -0.39 is 0 Å². The molecule has 2 bridgehead atoms. The van der Waals surface area contributed by atoms with Crippen molar-refractivity contribution < 1.29 is 0 Å². The molecular formula is C14H14N2. The molecule has 2 heteroatoms. The Morgan fingerprint density at radius 3 is 3.19 bits per heavy atom. The Morgan fingerprint density at radius 2 is 2.25 bits per heavy atom. The maximum absolute atomic E-state index is 4.88. The van der Waals surface area contributed by atoms with Gasteiger partial charge in [-0.3, -0.25) is 0 Å². The van der Waals surface area contributed by atoms with Gasteiger partial charge in [0.25, 0.3) is 0 Å². The lowest BCUT2D eigenvalue weighted by Gasteiger charge is -2.32. The normalized spacial score (nSPS) is 29.1. The molecule has 1 aromatic carbocycles. The van der Waals surface area contributed by atoms with Gasteiger partial charge in [-0.05, 0) is 24.5 Å². The summed E-state index contributed by atoms with van der Waals surface area (Å²) in [6, 6.07) is 7.11. The molecule has 1 fully saturated rings. The van der Waals surface area contributed by atoms with Gasteiger partial charge in [-0.15, -0.1) is 0 Å². The molecule has 0 radical (unpaired) electrons. The first kappa shape index (κ1) is 8.57. The highest BCUT2D eigenvalue weighted by atomic mass is 15.3. The Hall–Kier alpha value is -1.57. The van der Waals surface area contributed by atoms with Crippen molar-refractivity contribution in [2.24, 2.45) is 10.9 Å². The molecule has 0 N–H and O–H groups in total. The van der Waals surface area contributed by atoms with E-state index in [1.54, 1.807) is 0 Å². The van der Waals surface area contributed by atoms with E-state index in [1.807, 2.05) is 0 Å². The largest absolute Gasteiger partial charge is 0.349 e. The van der Waals surface area contributed by atoms with E-state index in [0.717, 1.165) is 6.54 Å². The van der Waals surface area contributed by atoms with Crippen LogP contribution in [0.15, 0.2) is 35.3 Å². The summed E-state index contributed by atoms with van der Waals surface area (Å²) in [6.07, 6.45) is 5.90. The lowest BCUT2D eigenvalue weighted by atomic mass is 10.0. The van der Waals surface area contributed by atoms with Gasteiger partial charge in [-0.2, -0.15) is 0 Å². The van der Waals surface area contributed by atoms with Crippen molar-refractivity contribution in [2.45, 2.75) is 25.9 Å². The molecule has 1 aliphatic carbocycles. The minimum Gasteiger partial charge on any atom is -0.349 e. The van der Waals surface area contributed by atoms with Gasteiger partial charge in [0.05, 0.1) is 5.69 Å². The predicted molar refractivity (Wildman–Crippen MR) is 64.9 cm³/mol. The third-order valence-corrected chi connectivity index (χ3v) is 3.98. The van der Waals surface area contributed by atoms with Crippen LogP contribution in [0.4, 0.5) is 5.69 Å². The summed E-state index contributed by atoms with van der Waals surface area (Å²) >= 11 is 0. The zero-order valence-electron chi connectivity index (χ0n) is 9.35. The monoisotopic (exact) mass is 210 g/mol. The summed E-state index contributed by atoms with van der Waals surface area (Å²) < 4.78 is 0. The van der Waals surface area contributed by atoms with Crippen molar-refractivity contribution in [3.8, 4) is 0 Å². The maximum Gasteiger partial charge on any atom is 0.113 e. The number of hydrogen-bond donors (Lipinski definition) is 0. The molecule has 4 rings (SSSR count). The highest BCUT2D eigenvalue weighted by molar-refractivity contribution is 5.94. The number of nitrogens with zero attached hydrogens (tertiary/aromatic N) is 2. The molecule has 3 aliphatic rings. The van der Waals surface area contributed by atoms with Gasteiger partial charge >= 0.3 is 0 Å². The minimum atomic E-state index is 0.581. The molecule has 2 atom stereocenters. The van der Waals surface area contributed by atoms with Crippen LogP contribution in [-0.2, 0) is 6.54 Å². The summed E-state index contributed by atoms with van der Waals surface area (Å²) in [4.78, 5) is 7.35. The smallest absolute Gasteiger partial charge is 0.113 e. The summed E-state index contributed by atoms with van der Waals surface area (Å²) in [6.45, 7) is 3.20. The lowest BCUT2D eigenvalue weighted by molar-refractivity contribution is 0.377. The van der Waals surface area contributed by atoms with Crippen molar-refractivity contribution in [1.29, 1.82) is 0 Å². The van der Waals surface area contributed by atoms with Gasteiger partial charge in [0, 0.05) is 18.5 Å². The van der Waals surface area contributed by atoms with E-state index >= 15 is 0 Å². The van der Waals surface area contributed by atoms with Crippen LogP contribution in [-0.4, -0.2) is 16.8 Å². The third kappa shape index (κ3) is 0.946. The average molecular weight is 210 g/mol. The molecule has 1 aromatic rings. The van der Waals surface area contributed by atoms with Crippen LogP contribution in [0, 0.1) is 12.8 Å². The standard InChI is InChI=1S/C14H14N2/c1-9-3-2-4-11-8-16-12-6-5-10(7-12)14(16)15-13(9)11/h2-6,10,12H,7-8H2,1H3. The number of hydrogen-bond acceptors (Lipinski definition) is 2. The zero-order chi connectivity index (χ0) is 10.7. The van der Waals surface area contributed by atoms with Crippen LogP contribution in [0.5, 0.6) is 0 Å². The maximum atomic E-state index is 4.88. The predicted octanol–water partition coefficient (Wildman–Crippen LogP) is 2.80. The lowest BCUT2D eigenvalue weighted by Crippen LogP contribution is -2.36. The molecule has 2 aliphatic heterocycles. The fraction of sp³-hybridized carbons (Fsp3) is 0.357. The zero-order valence-corrected chi connectivity index (χ0v) is 9.35. The summed E-state index contributed by atoms with van der Waals surface area (Å²) in [5.74, 6) is 1.88. The Balaban J connectivity index is 1.91. The first-order valence-corrected chi connectivity index (χ1v) is 5.95. The van der Waals surface area contributed by atoms with E-state index in [4.69, 9.17) is 4.99 Å². The molecule has 16 heavy (non-hydrogen) atoms. The van der Waals surface area contributed by atoms with Crippen molar-refractivity contribution in [3.05, 3.63) is 41.5 Å². The van der Waals surface area contributed by atoms with Crippen LogP contribution in [0.1, 0.15) is 17.5 Å². The Kier molecular flexibility index (Phi) is 1.48. The second kappa shape index (κ2) is 2.76. The quantitative estimate of drug-likeness (QED) is 0.601. The van der Waals surface area contributed by atoms with Crippen LogP contribution >= 0.6 is 0 Å². The Labute approximate surface area is 95.3 Å². The number of aliphatic imine (C=N–C) groups is 1. The van der Waals surface area contributed by atoms with E-state index in [2.05, 4.69) is 42.2 Å². The number of amidine groups is 1. The first-order chi connectivity index (χ1) is 7.83. The Morgan fingerprint density at radius 1 is 1.31 bits per heavy atom. The molecule has 0 amide bonds. The van der Waals surface area contributed by atoms with Crippen molar-refractivity contribution in [1.82, 2.24) is 4.90 Å². The number of para-hydroxylation sites is 1. The van der Waals surface area contributed by atoms with E-state index in [0.29, 0.717) is 12.0 Å². The Bertz CT molecular complexity index is 528. The first-order valence-electron chi connectivity index (χ1n) is 5.95. The molecule has 2 unspecified atom stereocenters. The SMILES string of the molecule is Cc1cccc2c1N=C1C3C=CC(C3)N1C2. The number of rotatable bonds is 0. The topological polar surface area (TPSA) is 15.6 Å². The van der Waals surface area contributed by atoms with Crippen LogP contribution in [0.25, 0.3) is 0 Å².